The van der Waals surface area contributed by atoms with Crippen LogP contribution < -0.4 is 20.5 Å². The third-order valence-electron chi connectivity index (χ3n) is 5.87. The number of nitrogens with two attached hydrogens (primary N) is 1. The molecule has 0 aliphatic heterocycles. The monoisotopic (exact) mass is 585 g/mol. The summed E-state index contributed by atoms with van der Waals surface area (Å²) in [6.45, 7) is 4.53. The van der Waals surface area contributed by atoms with Gasteiger partial charge in [0.15, 0.2) is 0 Å². The van der Waals surface area contributed by atoms with Crippen LogP contribution in [0.25, 0.3) is 10.8 Å². The maximum atomic E-state index is 13.2. The number of carbonyl (C=O) groups is 3. The van der Waals surface area contributed by atoms with Crippen LogP contribution in [0.5, 0.6) is 5.75 Å². The largest absolute Gasteiger partial charge is 0.492 e. The van der Waals surface area contributed by atoms with Crippen LogP contribution in [0.3, 0.4) is 0 Å². The first-order valence-corrected chi connectivity index (χ1v) is 14.4. The van der Waals surface area contributed by atoms with Crippen LogP contribution in [0, 0.1) is 0 Å². The molecule has 11 nitrogen and oxygen atoms in total. The van der Waals surface area contributed by atoms with Crippen molar-refractivity contribution in [3.05, 3.63) is 71.8 Å². The third kappa shape index (κ3) is 9.00. The fourth-order valence-corrected chi connectivity index (χ4v) is 5.00. The van der Waals surface area contributed by atoms with Crippen LogP contribution in [0.2, 0.25) is 0 Å². The van der Waals surface area contributed by atoms with Gasteiger partial charge in [0, 0.05) is 19.0 Å². The van der Waals surface area contributed by atoms with Gasteiger partial charge in [0.2, 0.25) is 21.8 Å². The number of esters is 1. The number of primary amides is 1. The first-order valence-electron chi connectivity index (χ1n) is 12.9. The lowest BCUT2D eigenvalue weighted by molar-refractivity contribution is -0.160. The van der Waals surface area contributed by atoms with Gasteiger partial charge in [-0.25, -0.2) is 8.42 Å². The number of fused-ring (bicyclic) bond motifs is 1. The molecule has 0 spiro atoms. The number of hydrogen-bond donors (Lipinski definition) is 3. The van der Waals surface area contributed by atoms with Gasteiger partial charge in [-0.1, -0.05) is 42.5 Å². The summed E-state index contributed by atoms with van der Waals surface area (Å²) in [5.74, 6) is -2.14. The molecule has 3 aromatic carbocycles. The second kappa shape index (κ2) is 13.6. The smallest absolute Gasteiger partial charge is 0.309 e. The molecular formula is C29H35N3O8S. The van der Waals surface area contributed by atoms with E-state index in [1.165, 1.54) is 25.2 Å². The summed E-state index contributed by atoms with van der Waals surface area (Å²) in [5, 5.41) is 4.49. The Morgan fingerprint density at radius 2 is 1.71 bits per heavy atom. The Kier molecular flexibility index (Phi) is 10.4. The first kappa shape index (κ1) is 31.5. The lowest BCUT2D eigenvalue weighted by atomic mass is 10.0. The molecule has 0 radical (unpaired) electrons. The van der Waals surface area contributed by atoms with E-state index in [1.807, 2.05) is 42.5 Å². The molecule has 0 fully saturated rings. The number of benzene rings is 3. The van der Waals surface area contributed by atoms with Crippen LogP contribution in [0.1, 0.15) is 43.1 Å². The average molecular weight is 586 g/mol. The molecule has 0 aromatic heterocycles. The maximum Gasteiger partial charge on any atom is 0.309 e. The number of rotatable bonds is 13. The van der Waals surface area contributed by atoms with Crippen LogP contribution in [0.4, 0.5) is 0 Å². The molecule has 1 unspecified atom stereocenters. The van der Waals surface area contributed by atoms with E-state index in [2.05, 4.69) is 10.0 Å². The van der Waals surface area contributed by atoms with Gasteiger partial charge in [0.05, 0.1) is 13.0 Å². The van der Waals surface area contributed by atoms with E-state index in [0.717, 1.165) is 16.3 Å². The van der Waals surface area contributed by atoms with Crippen molar-refractivity contribution < 1.29 is 37.0 Å². The summed E-state index contributed by atoms with van der Waals surface area (Å²) in [4.78, 5) is 35.9. The number of amides is 2. The predicted octanol–water partition coefficient (Wildman–Crippen LogP) is 2.66. The summed E-state index contributed by atoms with van der Waals surface area (Å²) in [6.07, 6.45) is -1.25. The highest BCUT2D eigenvalue weighted by molar-refractivity contribution is 7.89. The Labute approximate surface area is 239 Å². The lowest BCUT2D eigenvalue weighted by Crippen LogP contribution is -2.40. The van der Waals surface area contributed by atoms with Crippen molar-refractivity contribution in [3.63, 3.8) is 0 Å². The zero-order valence-corrected chi connectivity index (χ0v) is 24.2. The molecule has 220 valence electrons. The molecule has 0 bridgehead atoms. The number of sulfonamides is 1. The van der Waals surface area contributed by atoms with E-state index >= 15 is 0 Å². The van der Waals surface area contributed by atoms with E-state index in [0.29, 0.717) is 6.42 Å². The van der Waals surface area contributed by atoms with Gasteiger partial charge < -0.3 is 25.3 Å². The summed E-state index contributed by atoms with van der Waals surface area (Å²) >= 11 is 0. The molecule has 0 aliphatic rings. The highest BCUT2D eigenvalue weighted by Gasteiger charge is 2.27. The van der Waals surface area contributed by atoms with Crippen LogP contribution in [-0.4, -0.2) is 58.3 Å². The van der Waals surface area contributed by atoms with Crippen LogP contribution >= 0.6 is 0 Å². The SMILES string of the molecule is CNC(=O)C(CC(=O)OC(C)(C)C)OCNS(=O)(=O)c1ccc(C(N)=O)cc1OCCc1cccc2ccccc12. The zero-order valence-electron chi connectivity index (χ0n) is 23.4. The molecule has 3 rings (SSSR count). The fraction of sp³-hybridized carbons (Fsp3) is 0.345. The Morgan fingerprint density at radius 3 is 2.39 bits per heavy atom. The molecule has 3 aromatic rings. The fourth-order valence-electron chi connectivity index (χ4n) is 3.99. The normalized spacial score (nSPS) is 12.5. The minimum atomic E-state index is -4.25. The molecule has 0 saturated heterocycles. The molecule has 0 saturated carbocycles. The van der Waals surface area contributed by atoms with Crippen LogP contribution in [-0.2, 0) is 35.5 Å². The second-order valence-electron chi connectivity index (χ2n) is 10.1. The van der Waals surface area contributed by atoms with Crippen molar-refractivity contribution in [2.45, 2.75) is 50.2 Å². The third-order valence-corrected chi connectivity index (χ3v) is 7.29. The van der Waals surface area contributed by atoms with Crippen molar-refractivity contribution >= 4 is 38.6 Å². The van der Waals surface area contributed by atoms with Gasteiger partial charge in [-0.05, 0) is 55.3 Å². The highest BCUT2D eigenvalue weighted by Crippen LogP contribution is 2.26. The summed E-state index contributed by atoms with van der Waals surface area (Å²) in [6, 6.07) is 17.5. The van der Waals surface area contributed by atoms with Crippen molar-refractivity contribution in [1.29, 1.82) is 0 Å². The minimum Gasteiger partial charge on any atom is -0.492 e. The number of nitrogens with one attached hydrogen (secondary N) is 2. The minimum absolute atomic E-state index is 0.0670. The Bertz CT molecular complexity index is 1510. The number of hydrogen-bond acceptors (Lipinski definition) is 8. The average Bonchev–Trinajstić information content (AvgIpc) is 2.91. The standard InChI is InChI=1S/C29H35N3O8S/c1-29(2,3)40-26(33)17-24(28(35)31-4)39-18-32-41(36,37)25-13-12-21(27(30)34)16-23(25)38-15-14-20-10-7-9-19-8-5-6-11-22(19)20/h5-13,16,24,32H,14-15,17-18H2,1-4H3,(H2,30,34)(H,31,35). The number of ether oxygens (including phenoxy) is 3. The van der Waals surface area contributed by atoms with Gasteiger partial charge in [-0.2, -0.15) is 4.72 Å². The van der Waals surface area contributed by atoms with Crippen molar-refractivity contribution in [1.82, 2.24) is 10.0 Å². The van der Waals surface area contributed by atoms with Crippen molar-refractivity contribution in [2.24, 2.45) is 5.73 Å². The molecule has 0 heterocycles. The highest BCUT2D eigenvalue weighted by atomic mass is 32.2. The summed E-state index contributed by atoms with van der Waals surface area (Å²) < 4.78 is 45.1. The molecule has 1 atom stereocenters. The van der Waals surface area contributed by atoms with E-state index in [-0.39, 0.29) is 22.8 Å². The Hall–Kier alpha value is -4.00. The van der Waals surface area contributed by atoms with E-state index < -0.39 is 52.7 Å². The van der Waals surface area contributed by atoms with Gasteiger partial charge in [-0.15, -0.1) is 0 Å². The quantitative estimate of drug-likeness (QED) is 0.204. The Morgan fingerprint density at radius 1 is 1.00 bits per heavy atom. The van der Waals surface area contributed by atoms with Crippen LogP contribution in [0.15, 0.2) is 65.6 Å². The van der Waals surface area contributed by atoms with E-state index in [9.17, 15) is 22.8 Å². The van der Waals surface area contributed by atoms with Crippen molar-refractivity contribution in [2.75, 3.05) is 20.4 Å². The molecular weight excluding hydrogens is 550 g/mol. The Balaban J connectivity index is 1.73. The maximum absolute atomic E-state index is 13.2. The number of carbonyl (C=O) groups excluding carboxylic acids is 3. The first-order chi connectivity index (χ1) is 19.3. The van der Waals surface area contributed by atoms with E-state index in [1.54, 1.807) is 20.8 Å². The molecule has 4 N–H and O–H groups in total. The predicted molar refractivity (Wildman–Crippen MR) is 153 cm³/mol. The lowest BCUT2D eigenvalue weighted by Gasteiger charge is -2.22. The zero-order chi connectivity index (χ0) is 30.2. The van der Waals surface area contributed by atoms with E-state index in [4.69, 9.17) is 19.9 Å². The van der Waals surface area contributed by atoms with Gasteiger partial charge in [0.25, 0.3) is 0 Å². The van der Waals surface area contributed by atoms with Gasteiger partial charge in [-0.3, -0.25) is 14.4 Å². The molecule has 41 heavy (non-hydrogen) atoms. The molecule has 2 amide bonds. The topological polar surface area (TPSA) is 163 Å². The van der Waals surface area contributed by atoms with Gasteiger partial charge >= 0.3 is 5.97 Å². The molecule has 0 aliphatic carbocycles. The molecule has 12 heteroatoms. The van der Waals surface area contributed by atoms with Gasteiger partial charge in [0.1, 0.15) is 29.1 Å². The van der Waals surface area contributed by atoms with Crippen molar-refractivity contribution in [3.8, 4) is 5.75 Å². The second-order valence-corrected chi connectivity index (χ2v) is 11.9. The summed E-state index contributed by atoms with van der Waals surface area (Å²) in [5.41, 5.74) is 5.71. The summed E-state index contributed by atoms with van der Waals surface area (Å²) in [7, 11) is -2.89. The number of likely N-dealkylation sites (N-methyl/N-ethyl adjacent to an activating group) is 1.